The Morgan fingerprint density at radius 2 is 1.86 bits per heavy atom. The molecule has 0 atom stereocenters. The average Bonchev–Trinajstić information content (AvgIpc) is 2.47. The van der Waals surface area contributed by atoms with Gasteiger partial charge in [0.15, 0.2) is 5.11 Å². The summed E-state index contributed by atoms with van der Waals surface area (Å²) in [4.78, 5) is 23.3. The maximum Gasteiger partial charge on any atom is 0.338 e. The molecule has 1 amide bonds. The van der Waals surface area contributed by atoms with Crippen LogP contribution >= 0.6 is 12.2 Å². The first kappa shape index (κ1) is 18.1. The van der Waals surface area contributed by atoms with Crippen molar-refractivity contribution < 1.29 is 14.3 Å². The number of benzene rings is 1. The zero-order valence-corrected chi connectivity index (χ0v) is 14.0. The number of nitrogens with one attached hydrogen (secondary N) is 2. The number of ether oxygens (including phenoxy) is 1. The average molecular weight is 322 g/mol. The molecular weight excluding hydrogens is 300 g/mol. The maximum atomic E-state index is 11.7. The van der Waals surface area contributed by atoms with E-state index >= 15 is 0 Å². The van der Waals surface area contributed by atoms with Gasteiger partial charge in [0.05, 0.1) is 12.2 Å². The molecule has 2 N–H and O–H groups in total. The second-order valence-corrected chi connectivity index (χ2v) is 5.57. The monoisotopic (exact) mass is 322 g/mol. The SMILES string of the molecule is CCCCOC(=O)c1ccc(NC(=S)NC(=O)C(C)C)cc1. The van der Waals surface area contributed by atoms with Crippen molar-refractivity contribution in [3.05, 3.63) is 29.8 Å². The lowest BCUT2D eigenvalue weighted by atomic mass is 10.2. The minimum absolute atomic E-state index is 0.139. The molecule has 0 aliphatic rings. The van der Waals surface area contributed by atoms with E-state index in [0.717, 1.165) is 12.8 Å². The molecule has 1 aromatic rings. The fourth-order valence-electron chi connectivity index (χ4n) is 1.50. The van der Waals surface area contributed by atoms with Crippen LogP contribution in [0.2, 0.25) is 0 Å². The van der Waals surface area contributed by atoms with E-state index in [4.69, 9.17) is 17.0 Å². The van der Waals surface area contributed by atoms with E-state index < -0.39 is 0 Å². The van der Waals surface area contributed by atoms with Gasteiger partial charge in [-0.1, -0.05) is 27.2 Å². The molecule has 0 radical (unpaired) electrons. The van der Waals surface area contributed by atoms with Crippen molar-refractivity contribution >= 4 is 34.9 Å². The van der Waals surface area contributed by atoms with Crippen LogP contribution in [0.15, 0.2) is 24.3 Å². The van der Waals surface area contributed by atoms with Gasteiger partial charge in [0.25, 0.3) is 0 Å². The van der Waals surface area contributed by atoms with Gasteiger partial charge in [0, 0.05) is 11.6 Å². The molecule has 120 valence electrons. The van der Waals surface area contributed by atoms with Crippen LogP contribution in [0.1, 0.15) is 44.0 Å². The summed E-state index contributed by atoms with van der Waals surface area (Å²) in [7, 11) is 0. The van der Waals surface area contributed by atoms with Crippen molar-refractivity contribution in [1.29, 1.82) is 0 Å². The van der Waals surface area contributed by atoms with Crippen molar-refractivity contribution in [2.45, 2.75) is 33.6 Å². The second-order valence-electron chi connectivity index (χ2n) is 5.16. The van der Waals surface area contributed by atoms with Crippen LogP contribution in [0.3, 0.4) is 0 Å². The lowest BCUT2D eigenvalue weighted by Gasteiger charge is -2.11. The first-order valence-electron chi connectivity index (χ1n) is 7.33. The molecule has 1 aromatic carbocycles. The fraction of sp³-hybridized carbons (Fsp3) is 0.438. The predicted octanol–water partition coefficient (Wildman–Crippen LogP) is 3.11. The van der Waals surface area contributed by atoms with E-state index in [1.807, 2.05) is 6.92 Å². The van der Waals surface area contributed by atoms with Crippen molar-refractivity contribution in [2.24, 2.45) is 5.92 Å². The number of amides is 1. The minimum Gasteiger partial charge on any atom is -0.462 e. The van der Waals surface area contributed by atoms with Gasteiger partial charge in [-0.3, -0.25) is 4.79 Å². The lowest BCUT2D eigenvalue weighted by Crippen LogP contribution is -2.36. The van der Waals surface area contributed by atoms with Crippen molar-refractivity contribution in [3.63, 3.8) is 0 Å². The van der Waals surface area contributed by atoms with Crippen LogP contribution in [0.25, 0.3) is 0 Å². The highest BCUT2D eigenvalue weighted by Gasteiger charge is 2.10. The molecule has 1 rings (SSSR count). The first-order valence-corrected chi connectivity index (χ1v) is 7.74. The summed E-state index contributed by atoms with van der Waals surface area (Å²) < 4.78 is 5.13. The summed E-state index contributed by atoms with van der Waals surface area (Å²) in [5.74, 6) is -0.621. The van der Waals surface area contributed by atoms with Crippen LogP contribution < -0.4 is 10.6 Å². The smallest absolute Gasteiger partial charge is 0.338 e. The topological polar surface area (TPSA) is 67.4 Å². The molecule has 0 aliphatic heterocycles. The summed E-state index contributed by atoms with van der Waals surface area (Å²) in [5, 5.41) is 5.72. The van der Waals surface area contributed by atoms with Gasteiger partial charge >= 0.3 is 5.97 Å². The van der Waals surface area contributed by atoms with Crippen molar-refractivity contribution in [1.82, 2.24) is 5.32 Å². The summed E-state index contributed by atoms with van der Waals surface area (Å²) in [6.45, 7) is 6.05. The summed E-state index contributed by atoms with van der Waals surface area (Å²) in [5.41, 5.74) is 1.18. The maximum absolute atomic E-state index is 11.7. The molecule has 0 spiro atoms. The van der Waals surface area contributed by atoms with Crippen LogP contribution in [0, 0.1) is 5.92 Å². The van der Waals surface area contributed by atoms with Crippen molar-refractivity contribution in [2.75, 3.05) is 11.9 Å². The van der Waals surface area contributed by atoms with Gasteiger partial charge in [0.2, 0.25) is 5.91 Å². The molecule has 5 nitrogen and oxygen atoms in total. The molecule has 0 saturated heterocycles. The predicted molar refractivity (Wildman–Crippen MR) is 90.8 cm³/mol. The number of esters is 1. The summed E-state index contributed by atoms with van der Waals surface area (Å²) in [6.07, 6.45) is 1.84. The van der Waals surface area contributed by atoms with Gasteiger partial charge in [-0.15, -0.1) is 0 Å². The van der Waals surface area contributed by atoms with Crippen LogP contribution in [0.4, 0.5) is 5.69 Å². The number of hydrogen-bond acceptors (Lipinski definition) is 4. The Kier molecular flexibility index (Phi) is 7.52. The Balaban J connectivity index is 2.52. The van der Waals surface area contributed by atoms with E-state index in [9.17, 15) is 9.59 Å². The molecule has 0 unspecified atom stereocenters. The van der Waals surface area contributed by atoms with Gasteiger partial charge in [-0.25, -0.2) is 4.79 Å². The Labute approximate surface area is 136 Å². The molecule has 0 fully saturated rings. The van der Waals surface area contributed by atoms with Crippen LogP contribution in [-0.4, -0.2) is 23.6 Å². The van der Waals surface area contributed by atoms with E-state index in [-0.39, 0.29) is 22.9 Å². The Morgan fingerprint density at radius 3 is 2.41 bits per heavy atom. The van der Waals surface area contributed by atoms with Crippen LogP contribution in [-0.2, 0) is 9.53 Å². The molecular formula is C16H22N2O3S. The Morgan fingerprint density at radius 1 is 1.23 bits per heavy atom. The highest BCUT2D eigenvalue weighted by Crippen LogP contribution is 2.11. The van der Waals surface area contributed by atoms with E-state index in [1.54, 1.807) is 38.1 Å². The third kappa shape index (κ3) is 6.22. The molecule has 0 aliphatic carbocycles. The molecule has 0 aromatic heterocycles. The molecule has 0 heterocycles. The number of hydrogen-bond donors (Lipinski definition) is 2. The van der Waals surface area contributed by atoms with E-state index in [2.05, 4.69) is 10.6 Å². The fourth-order valence-corrected chi connectivity index (χ4v) is 1.72. The zero-order valence-electron chi connectivity index (χ0n) is 13.1. The molecule has 0 bridgehead atoms. The third-order valence-electron chi connectivity index (χ3n) is 2.87. The second kappa shape index (κ2) is 9.15. The summed E-state index contributed by atoms with van der Waals surface area (Å²) >= 11 is 5.05. The number of thiocarbonyl (C=S) groups is 1. The number of unbranched alkanes of at least 4 members (excludes halogenated alkanes) is 1. The van der Waals surface area contributed by atoms with Gasteiger partial charge in [-0.2, -0.15) is 0 Å². The number of rotatable bonds is 6. The normalized spacial score (nSPS) is 10.2. The van der Waals surface area contributed by atoms with E-state index in [1.165, 1.54) is 0 Å². The first-order chi connectivity index (χ1) is 10.4. The van der Waals surface area contributed by atoms with Crippen molar-refractivity contribution in [3.8, 4) is 0 Å². The lowest BCUT2D eigenvalue weighted by molar-refractivity contribution is -0.122. The number of carbonyl (C=O) groups is 2. The largest absolute Gasteiger partial charge is 0.462 e. The Bertz CT molecular complexity index is 527. The van der Waals surface area contributed by atoms with Crippen LogP contribution in [0.5, 0.6) is 0 Å². The minimum atomic E-state index is -0.337. The van der Waals surface area contributed by atoms with E-state index in [0.29, 0.717) is 17.9 Å². The molecule has 6 heteroatoms. The number of anilines is 1. The quantitative estimate of drug-likeness (QED) is 0.478. The third-order valence-corrected chi connectivity index (χ3v) is 3.07. The van der Waals surface area contributed by atoms with Gasteiger partial charge < -0.3 is 15.4 Å². The molecule has 22 heavy (non-hydrogen) atoms. The summed E-state index contributed by atoms with van der Waals surface area (Å²) in [6, 6.07) is 6.74. The Hall–Kier alpha value is -1.95. The number of carbonyl (C=O) groups excluding carboxylic acids is 2. The van der Waals surface area contributed by atoms with Gasteiger partial charge in [0.1, 0.15) is 0 Å². The highest BCUT2D eigenvalue weighted by molar-refractivity contribution is 7.80. The van der Waals surface area contributed by atoms with Gasteiger partial charge in [-0.05, 0) is 42.9 Å². The zero-order chi connectivity index (χ0) is 16.5. The standard InChI is InChI=1S/C16H22N2O3S/c1-4-5-10-21-15(20)12-6-8-13(9-7-12)17-16(22)18-14(19)11(2)3/h6-9,11H,4-5,10H2,1-3H3,(H2,17,18,19,22). The highest BCUT2D eigenvalue weighted by atomic mass is 32.1. The molecule has 0 saturated carbocycles.